The van der Waals surface area contributed by atoms with E-state index in [-0.39, 0.29) is 5.91 Å². The first-order chi connectivity index (χ1) is 10.7. The topological polar surface area (TPSA) is 67.0 Å². The van der Waals surface area contributed by atoms with Crippen LogP contribution in [0.1, 0.15) is 10.5 Å². The van der Waals surface area contributed by atoms with Crippen LogP contribution in [0.2, 0.25) is 5.02 Å². The van der Waals surface area contributed by atoms with Crippen LogP contribution in [0.15, 0.2) is 41.8 Å². The molecule has 0 aliphatic carbocycles. The molecular weight excluding hydrogens is 322 g/mol. The second kappa shape index (κ2) is 6.21. The number of hydrogen-bond acceptors (Lipinski definition) is 4. The monoisotopic (exact) mass is 333 g/mol. The van der Waals surface area contributed by atoms with Crippen LogP contribution in [-0.4, -0.2) is 23.2 Å². The number of carbonyl (C=O) groups excluding carboxylic acids is 1. The number of aromatic amines is 1. The molecule has 0 aliphatic rings. The molecule has 112 valence electrons. The largest absolute Gasteiger partial charge is 0.495 e. The molecule has 0 fully saturated rings. The lowest BCUT2D eigenvalue weighted by Crippen LogP contribution is -2.12. The van der Waals surface area contributed by atoms with E-state index in [1.807, 2.05) is 17.5 Å². The molecule has 0 saturated heterocycles. The van der Waals surface area contributed by atoms with Gasteiger partial charge in [0.05, 0.1) is 22.7 Å². The highest BCUT2D eigenvalue weighted by Gasteiger charge is 2.13. The molecule has 2 heterocycles. The maximum absolute atomic E-state index is 12.2. The summed E-state index contributed by atoms with van der Waals surface area (Å²) in [5.41, 5.74) is 1.71. The fourth-order valence-electron chi connectivity index (χ4n) is 1.94. The number of hydrogen-bond donors (Lipinski definition) is 2. The van der Waals surface area contributed by atoms with Gasteiger partial charge in [0.25, 0.3) is 5.91 Å². The van der Waals surface area contributed by atoms with Crippen LogP contribution < -0.4 is 10.1 Å². The molecule has 0 radical (unpaired) electrons. The number of benzene rings is 1. The number of carbonyl (C=O) groups is 1. The van der Waals surface area contributed by atoms with Gasteiger partial charge in [0, 0.05) is 5.69 Å². The molecule has 22 heavy (non-hydrogen) atoms. The molecule has 5 nitrogen and oxygen atoms in total. The lowest BCUT2D eigenvalue weighted by molar-refractivity contribution is 0.102. The molecule has 0 bridgehead atoms. The summed E-state index contributed by atoms with van der Waals surface area (Å²) < 4.78 is 5.07. The van der Waals surface area contributed by atoms with E-state index in [1.54, 1.807) is 35.6 Å². The lowest BCUT2D eigenvalue weighted by atomic mass is 10.2. The van der Waals surface area contributed by atoms with E-state index in [0.29, 0.717) is 22.2 Å². The number of amides is 1. The molecule has 0 unspecified atom stereocenters. The van der Waals surface area contributed by atoms with Crippen molar-refractivity contribution in [1.29, 1.82) is 0 Å². The van der Waals surface area contributed by atoms with Crippen LogP contribution in [0.3, 0.4) is 0 Å². The SMILES string of the molecule is COc1ccc(NC(=O)c2cc(-c3cccs3)[nH]n2)cc1Cl. The first-order valence-corrected chi connectivity index (χ1v) is 7.67. The lowest BCUT2D eigenvalue weighted by Gasteiger charge is -2.06. The number of anilines is 1. The minimum Gasteiger partial charge on any atom is -0.495 e. The van der Waals surface area contributed by atoms with E-state index >= 15 is 0 Å². The number of ether oxygens (including phenoxy) is 1. The van der Waals surface area contributed by atoms with Gasteiger partial charge >= 0.3 is 0 Å². The van der Waals surface area contributed by atoms with Gasteiger partial charge in [-0.2, -0.15) is 5.10 Å². The molecule has 0 atom stereocenters. The molecule has 2 N–H and O–H groups in total. The molecule has 2 aromatic heterocycles. The summed E-state index contributed by atoms with van der Waals surface area (Å²) in [4.78, 5) is 13.2. The number of H-pyrrole nitrogens is 1. The Morgan fingerprint density at radius 3 is 2.91 bits per heavy atom. The van der Waals surface area contributed by atoms with Gasteiger partial charge in [-0.3, -0.25) is 9.89 Å². The second-order valence-electron chi connectivity index (χ2n) is 4.45. The van der Waals surface area contributed by atoms with Crippen LogP contribution in [0.5, 0.6) is 5.75 Å². The zero-order valence-electron chi connectivity index (χ0n) is 11.6. The molecule has 0 spiro atoms. The maximum Gasteiger partial charge on any atom is 0.276 e. The van der Waals surface area contributed by atoms with E-state index in [2.05, 4.69) is 15.5 Å². The molecule has 0 aliphatic heterocycles. The van der Waals surface area contributed by atoms with Crippen molar-refractivity contribution >= 4 is 34.5 Å². The van der Waals surface area contributed by atoms with E-state index in [9.17, 15) is 4.79 Å². The predicted molar refractivity (Wildman–Crippen MR) is 87.9 cm³/mol. The van der Waals surface area contributed by atoms with Gasteiger partial charge in [0.2, 0.25) is 0 Å². The van der Waals surface area contributed by atoms with Crippen molar-refractivity contribution in [2.24, 2.45) is 0 Å². The van der Waals surface area contributed by atoms with Gasteiger partial charge in [-0.05, 0) is 35.7 Å². The van der Waals surface area contributed by atoms with Crippen molar-refractivity contribution in [2.75, 3.05) is 12.4 Å². The molecule has 1 amide bonds. The summed E-state index contributed by atoms with van der Waals surface area (Å²) in [6.07, 6.45) is 0. The standard InChI is InChI=1S/C15H12ClN3O2S/c1-21-13-5-4-9(7-10(13)16)17-15(20)12-8-11(18-19-12)14-3-2-6-22-14/h2-8H,1H3,(H,17,20)(H,18,19). The van der Waals surface area contributed by atoms with Crippen molar-refractivity contribution < 1.29 is 9.53 Å². The number of nitrogens with one attached hydrogen (secondary N) is 2. The fraction of sp³-hybridized carbons (Fsp3) is 0.0667. The summed E-state index contributed by atoms with van der Waals surface area (Å²) >= 11 is 7.61. The van der Waals surface area contributed by atoms with Gasteiger partial charge in [-0.25, -0.2) is 0 Å². The first-order valence-electron chi connectivity index (χ1n) is 6.41. The number of rotatable bonds is 4. The summed E-state index contributed by atoms with van der Waals surface area (Å²) in [7, 11) is 1.54. The third kappa shape index (κ3) is 2.98. The summed E-state index contributed by atoms with van der Waals surface area (Å²) in [6.45, 7) is 0. The fourth-order valence-corrected chi connectivity index (χ4v) is 2.89. The Bertz CT molecular complexity index is 799. The molecule has 3 aromatic rings. The molecule has 7 heteroatoms. The Kier molecular flexibility index (Phi) is 4.13. The van der Waals surface area contributed by atoms with Crippen LogP contribution >= 0.6 is 22.9 Å². The maximum atomic E-state index is 12.2. The van der Waals surface area contributed by atoms with Crippen molar-refractivity contribution in [1.82, 2.24) is 10.2 Å². The third-order valence-electron chi connectivity index (χ3n) is 3.01. The highest BCUT2D eigenvalue weighted by atomic mass is 35.5. The number of nitrogens with zero attached hydrogens (tertiary/aromatic N) is 1. The molecule has 1 aromatic carbocycles. The average Bonchev–Trinajstić information content (AvgIpc) is 3.18. The number of aromatic nitrogens is 2. The smallest absolute Gasteiger partial charge is 0.276 e. The molecule has 0 saturated carbocycles. The minimum absolute atomic E-state index is 0.305. The van der Waals surface area contributed by atoms with Crippen LogP contribution in [0.25, 0.3) is 10.6 Å². The quantitative estimate of drug-likeness (QED) is 0.756. The molecule has 3 rings (SSSR count). The van der Waals surface area contributed by atoms with Gasteiger partial charge in [-0.1, -0.05) is 17.7 Å². The Morgan fingerprint density at radius 1 is 1.36 bits per heavy atom. The zero-order valence-corrected chi connectivity index (χ0v) is 13.2. The Labute approximate surface area is 135 Å². The summed E-state index contributed by atoms with van der Waals surface area (Å²) in [5, 5.41) is 12.0. The number of thiophene rings is 1. The van der Waals surface area contributed by atoms with Crippen LogP contribution in [-0.2, 0) is 0 Å². The molecular formula is C15H12ClN3O2S. The van der Waals surface area contributed by atoms with Crippen LogP contribution in [0, 0.1) is 0 Å². The van der Waals surface area contributed by atoms with Gasteiger partial charge in [-0.15, -0.1) is 11.3 Å². The zero-order chi connectivity index (χ0) is 15.5. The third-order valence-corrected chi connectivity index (χ3v) is 4.21. The Balaban J connectivity index is 1.76. The van der Waals surface area contributed by atoms with E-state index in [0.717, 1.165) is 10.6 Å². The summed E-state index contributed by atoms with van der Waals surface area (Å²) in [5.74, 6) is 0.250. The van der Waals surface area contributed by atoms with Crippen LogP contribution in [0.4, 0.5) is 5.69 Å². The first kappa shape index (κ1) is 14.6. The highest BCUT2D eigenvalue weighted by molar-refractivity contribution is 7.13. The van der Waals surface area contributed by atoms with E-state index in [1.165, 1.54) is 7.11 Å². The normalized spacial score (nSPS) is 10.5. The highest BCUT2D eigenvalue weighted by Crippen LogP contribution is 2.28. The van der Waals surface area contributed by atoms with E-state index in [4.69, 9.17) is 16.3 Å². The Morgan fingerprint density at radius 2 is 2.23 bits per heavy atom. The van der Waals surface area contributed by atoms with Crippen molar-refractivity contribution in [3.63, 3.8) is 0 Å². The predicted octanol–water partition coefficient (Wildman–Crippen LogP) is 4.05. The minimum atomic E-state index is -0.305. The van der Waals surface area contributed by atoms with E-state index < -0.39 is 0 Å². The number of halogens is 1. The van der Waals surface area contributed by atoms with Crippen molar-refractivity contribution in [3.8, 4) is 16.3 Å². The summed E-state index contributed by atoms with van der Waals surface area (Å²) in [6, 6.07) is 10.7. The average molecular weight is 334 g/mol. The number of methoxy groups -OCH3 is 1. The second-order valence-corrected chi connectivity index (χ2v) is 5.80. The van der Waals surface area contributed by atoms with Crippen molar-refractivity contribution in [2.45, 2.75) is 0 Å². The Hall–Kier alpha value is -2.31. The van der Waals surface area contributed by atoms with Gasteiger partial charge in [0.1, 0.15) is 5.75 Å². The van der Waals surface area contributed by atoms with Gasteiger partial charge < -0.3 is 10.1 Å². The van der Waals surface area contributed by atoms with Gasteiger partial charge in [0.15, 0.2) is 5.69 Å². The van der Waals surface area contributed by atoms with Crippen molar-refractivity contribution in [3.05, 3.63) is 52.5 Å².